The monoisotopic (exact) mass is 579 g/mol. The normalized spacial score (nSPS) is 12.0. The molecule has 0 heterocycles. The fraction of sp³-hybridized carbons (Fsp3) is 0.857. The van der Waals surface area contributed by atoms with Gasteiger partial charge in [0.05, 0.1) is 0 Å². The van der Waals surface area contributed by atoms with Crippen LogP contribution in [0.3, 0.4) is 0 Å². The number of hydrogen-bond acceptors (Lipinski definition) is 4. The van der Waals surface area contributed by atoms with Crippen molar-refractivity contribution in [3.63, 3.8) is 0 Å². The molecular weight excluding hydrogens is 514 g/mol. The van der Waals surface area contributed by atoms with Crippen molar-refractivity contribution in [1.82, 2.24) is 5.32 Å². The second-order valence-corrected chi connectivity index (χ2v) is 11.8. The Hall–Kier alpha value is -1.85. The second-order valence-electron chi connectivity index (χ2n) is 11.8. The third-order valence-electron chi connectivity index (χ3n) is 7.69. The number of carbonyl (C=O) groups is 3. The average Bonchev–Trinajstić information content (AvgIpc) is 2.95. The van der Waals surface area contributed by atoms with Gasteiger partial charge in [0.15, 0.2) is 0 Å². The Morgan fingerprint density at radius 1 is 0.610 bits per heavy atom. The summed E-state index contributed by atoms with van der Waals surface area (Å²) in [6.07, 6.45) is 33.5. The van der Waals surface area contributed by atoms with E-state index in [1.807, 2.05) is 0 Å². The highest BCUT2D eigenvalue weighted by molar-refractivity contribution is 5.80. The number of unbranched alkanes of at least 4 members (excludes halogenated alkanes) is 18. The van der Waals surface area contributed by atoms with Crippen LogP contribution in [-0.2, 0) is 19.1 Å². The lowest BCUT2D eigenvalue weighted by molar-refractivity contribution is -0.150. The molecular formula is C35H65NO5. The summed E-state index contributed by atoms with van der Waals surface area (Å²) in [5, 5.41) is 11.0. The summed E-state index contributed by atoms with van der Waals surface area (Å²) in [7, 11) is 0. The van der Waals surface area contributed by atoms with E-state index >= 15 is 0 Å². The summed E-state index contributed by atoms with van der Waals surface area (Å²) in [6, 6.07) is 0. The molecule has 240 valence electrons. The second kappa shape index (κ2) is 31.1. The van der Waals surface area contributed by atoms with Crippen molar-refractivity contribution in [2.75, 3.05) is 6.54 Å². The SMILES string of the molecule is CCCCCCCCC/C=C\CCCCCCCC(=O)OC(CCCCCC)CCCCCCC(=O)NCC(=O)O. The fourth-order valence-corrected chi connectivity index (χ4v) is 5.10. The number of carboxylic acids is 1. The smallest absolute Gasteiger partial charge is 0.322 e. The number of carbonyl (C=O) groups excluding carboxylic acids is 2. The predicted octanol–water partition coefficient (Wildman–Crippen LogP) is 9.84. The Morgan fingerprint density at radius 2 is 1.05 bits per heavy atom. The minimum atomic E-state index is -1.02. The number of amides is 1. The molecule has 0 aliphatic rings. The Balaban J connectivity index is 3.88. The zero-order chi connectivity index (χ0) is 30.2. The lowest BCUT2D eigenvalue weighted by atomic mass is 10.0. The topological polar surface area (TPSA) is 92.7 Å². The zero-order valence-electron chi connectivity index (χ0n) is 26.9. The molecule has 0 saturated carbocycles. The maximum atomic E-state index is 12.5. The molecule has 0 aromatic carbocycles. The number of hydrogen-bond donors (Lipinski definition) is 2. The van der Waals surface area contributed by atoms with Crippen LogP contribution in [0.15, 0.2) is 12.2 Å². The Bertz CT molecular complexity index is 648. The lowest BCUT2D eigenvalue weighted by Gasteiger charge is -2.18. The van der Waals surface area contributed by atoms with Crippen molar-refractivity contribution in [3.8, 4) is 0 Å². The number of esters is 1. The third kappa shape index (κ3) is 30.9. The molecule has 0 aliphatic carbocycles. The van der Waals surface area contributed by atoms with Gasteiger partial charge in [-0.25, -0.2) is 0 Å². The molecule has 0 bridgehead atoms. The molecule has 0 rings (SSSR count). The van der Waals surface area contributed by atoms with Crippen LogP contribution in [-0.4, -0.2) is 35.6 Å². The van der Waals surface area contributed by atoms with Crippen LogP contribution in [0, 0.1) is 0 Å². The largest absolute Gasteiger partial charge is 0.480 e. The van der Waals surface area contributed by atoms with Gasteiger partial charge in [0.2, 0.25) is 5.91 Å². The summed E-state index contributed by atoms with van der Waals surface area (Å²) >= 11 is 0. The first-order valence-electron chi connectivity index (χ1n) is 17.3. The summed E-state index contributed by atoms with van der Waals surface area (Å²) in [5.41, 5.74) is 0. The van der Waals surface area contributed by atoms with E-state index in [1.54, 1.807) is 0 Å². The number of aliphatic carboxylic acids is 1. The van der Waals surface area contributed by atoms with Crippen LogP contribution >= 0.6 is 0 Å². The first-order chi connectivity index (χ1) is 20.0. The van der Waals surface area contributed by atoms with E-state index in [2.05, 4.69) is 31.3 Å². The molecule has 6 heteroatoms. The summed E-state index contributed by atoms with van der Waals surface area (Å²) in [6.45, 7) is 4.15. The molecule has 0 aromatic heterocycles. The molecule has 0 aliphatic heterocycles. The minimum Gasteiger partial charge on any atom is -0.480 e. The molecule has 0 saturated heterocycles. The number of carboxylic acid groups (broad SMARTS) is 1. The first-order valence-corrected chi connectivity index (χ1v) is 17.3. The van der Waals surface area contributed by atoms with Gasteiger partial charge in [0.1, 0.15) is 12.6 Å². The molecule has 0 radical (unpaired) electrons. The van der Waals surface area contributed by atoms with Gasteiger partial charge < -0.3 is 15.2 Å². The molecule has 1 atom stereocenters. The Morgan fingerprint density at radius 3 is 1.59 bits per heavy atom. The lowest BCUT2D eigenvalue weighted by Crippen LogP contribution is -2.28. The van der Waals surface area contributed by atoms with Crippen LogP contribution in [0.5, 0.6) is 0 Å². The predicted molar refractivity (Wildman–Crippen MR) is 171 cm³/mol. The highest BCUT2D eigenvalue weighted by Gasteiger charge is 2.14. The van der Waals surface area contributed by atoms with E-state index in [0.29, 0.717) is 12.8 Å². The molecule has 6 nitrogen and oxygen atoms in total. The number of rotatable bonds is 31. The number of allylic oxidation sites excluding steroid dienone is 2. The highest BCUT2D eigenvalue weighted by atomic mass is 16.5. The van der Waals surface area contributed by atoms with E-state index in [4.69, 9.17) is 9.84 Å². The highest BCUT2D eigenvalue weighted by Crippen LogP contribution is 2.18. The van der Waals surface area contributed by atoms with E-state index < -0.39 is 5.97 Å². The van der Waals surface area contributed by atoms with E-state index in [1.165, 1.54) is 96.3 Å². The maximum Gasteiger partial charge on any atom is 0.322 e. The van der Waals surface area contributed by atoms with Crippen LogP contribution in [0.25, 0.3) is 0 Å². The summed E-state index contributed by atoms with van der Waals surface area (Å²) in [4.78, 5) is 34.6. The quantitative estimate of drug-likeness (QED) is 0.0484. The van der Waals surface area contributed by atoms with Crippen molar-refractivity contribution in [3.05, 3.63) is 12.2 Å². The molecule has 0 spiro atoms. The molecule has 0 aromatic rings. The van der Waals surface area contributed by atoms with Crippen LogP contribution in [0.2, 0.25) is 0 Å². The van der Waals surface area contributed by atoms with Gasteiger partial charge in [-0.1, -0.05) is 116 Å². The van der Waals surface area contributed by atoms with Crippen LogP contribution in [0.4, 0.5) is 0 Å². The third-order valence-corrected chi connectivity index (χ3v) is 7.69. The number of ether oxygens (including phenoxy) is 1. The van der Waals surface area contributed by atoms with Crippen molar-refractivity contribution in [2.45, 2.75) is 187 Å². The molecule has 2 N–H and O–H groups in total. The molecule has 41 heavy (non-hydrogen) atoms. The fourth-order valence-electron chi connectivity index (χ4n) is 5.10. The van der Waals surface area contributed by atoms with Crippen molar-refractivity contribution >= 4 is 17.8 Å². The standard InChI is InChI=1S/C35H65NO5/c1-3-5-7-9-10-11-12-13-14-15-16-17-18-19-20-26-30-35(40)41-32(27-23-8-6-4-2)28-24-21-22-25-29-33(37)36-31-34(38)39/h14-15,32H,3-13,16-31H2,1-2H3,(H,36,37)(H,38,39)/b15-14-. The van der Waals surface area contributed by atoms with E-state index in [-0.39, 0.29) is 24.5 Å². The Kier molecular flexibility index (Phi) is 29.7. The van der Waals surface area contributed by atoms with Crippen molar-refractivity contribution in [1.29, 1.82) is 0 Å². The molecule has 0 fully saturated rings. The van der Waals surface area contributed by atoms with Crippen molar-refractivity contribution in [2.24, 2.45) is 0 Å². The zero-order valence-corrected chi connectivity index (χ0v) is 26.9. The van der Waals surface area contributed by atoms with Gasteiger partial charge in [0, 0.05) is 12.8 Å². The average molecular weight is 580 g/mol. The van der Waals surface area contributed by atoms with Gasteiger partial charge in [-0.15, -0.1) is 0 Å². The minimum absolute atomic E-state index is 0.00562. The van der Waals surface area contributed by atoms with E-state index in [0.717, 1.165) is 57.8 Å². The molecule has 1 amide bonds. The van der Waals surface area contributed by atoms with Gasteiger partial charge >= 0.3 is 11.9 Å². The molecule has 1 unspecified atom stereocenters. The first kappa shape index (κ1) is 39.1. The van der Waals surface area contributed by atoms with Crippen LogP contribution < -0.4 is 5.32 Å². The van der Waals surface area contributed by atoms with E-state index in [9.17, 15) is 14.4 Å². The van der Waals surface area contributed by atoms with Crippen LogP contribution in [0.1, 0.15) is 181 Å². The van der Waals surface area contributed by atoms with Crippen molar-refractivity contribution < 1.29 is 24.2 Å². The number of nitrogens with one attached hydrogen (secondary N) is 1. The van der Waals surface area contributed by atoms with Gasteiger partial charge in [0.25, 0.3) is 0 Å². The Labute approximate surface area is 252 Å². The summed E-state index contributed by atoms with van der Waals surface area (Å²) in [5.74, 6) is -1.28. The van der Waals surface area contributed by atoms with Gasteiger partial charge in [-0.3, -0.25) is 14.4 Å². The summed E-state index contributed by atoms with van der Waals surface area (Å²) < 4.78 is 5.89. The van der Waals surface area contributed by atoms with Gasteiger partial charge in [-0.05, 0) is 64.2 Å². The maximum absolute atomic E-state index is 12.5. The van der Waals surface area contributed by atoms with Gasteiger partial charge in [-0.2, -0.15) is 0 Å².